The number of carbonyl (C=O) groups excluding carboxylic acids is 1. The third kappa shape index (κ3) is 5.10. The molecule has 2 aromatic rings. The van der Waals surface area contributed by atoms with Crippen LogP contribution in [0.1, 0.15) is 36.1 Å². The highest BCUT2D eigenvalue weighted by Gasteiger charge is 2.23. The van der Waals surface area contributed by atoms with Gasteiger partial charge >= 0.3 is 0 Å². The standard InChI is InChI=1S/C21H28N4OS/c1-16(19-9-6-14-27-19)15-24-21(22-2)23-12-5-10-20(26)25-13-11-17-7-3-4-8-18(17)25/h3-4,6-9,14,16H,5,10-13,15H2,1-2H3,(H2,22,23,24). The van der Waals surface area contributed by atoms with Gasteiger partial charge in [-0.05, 0) is 35.9 Å². The van der Waals surface area contributed by atoms with Gasteiger partial charge in [0.15, 0.2) is 5.96 Å². The smallest absolute Gasteiger partial charge is 0.227 e. The number of guanidine groups is 1. The quantitative estimate of drug-likeness (QED) is 0.437. The first kappa shape index (κ1) is 19.4. The second kappa shape index (κ2) is 9.55. The number of amides is 1. The Bertz CT molecular complexity index is 772. The fourth-order valence-corrected chi connectivity index (χ4v) is 4.11. The van der Waals surface area contributed by atoms with Crippen molar-refractivity contribution in [2.75, 3.05) is 31.6 Å². The summed E-state index contributed by atoms with van der Waals surface area (Å²) in [4.78, 5) is 20.1. The summed E-state index contributed by atoms with van der Waals surface area (Å²) in [5.74, 6) is 1.44. The number of para-hydroxylation sites is 1. The molecular formula is C21H28N4OS. The lowest BCUT2D eigenvalue weighted by molar-refractivity contribution is -0.118. The summed E-state index contributed by atoms with van der Waals surface area (Å²) < 4.78 is 0. The Morgan fingerprint density at radius 3 is 2.89 bits per heavy atom. The van der Waals surface area contributed by atoms with Crippen LogP contribution in [0.15, 0.2) is 46.8 Å². The van der Waals surface area contributed by atoms with E-state index < -0.39 is 0 Å². The van der Waals surface area contributed by atoms with Crippen LogP contribution in [0.3, 0.4) is 0 Å². The molecule has 1 unspecified atom stereocenters. The highest BCUT2D eigenvalue weighted by Crippen LogP contribution is 2.28. The number of thiophene rings is 1. The van der Waals surface area contributed by atoms with Gasteiger partial charge < -0.3 is 15.5 Å². The Morgan fingerprint density at radius 2 is 2.11 bits per heavy atom. The van der Waals surface area contributed by atoms with Gasteiger partial charge in [-0.3, -0.25) is 9.79 Å². The van der Waals surface area contributed by atoms with Crippen LogP contribution >= 0.6 is 11.3 Å². The van der Waals surface area contributed by atoms with Crippen LogP contribution in [0.5, 0.6) is 0 Å². The minimum atomic E-state index is 0.205. The number of nitrogens with one attached hydrogen (secondary N) is 2. The van der Waals surface area contributed by atoms with Gasteiger partial charge in [0, 0.05) is 49.6 Å². The van der Waals surface area contributed by atoms with Gasteiger partial charge in [-0.1, -0.05) is 31.2 Å². The zero-order chi connectivity index (χ0) is 19.1. The summed E-state index contributed by atoms with van der Waals surface area (Å²) >= 11 is 1.78. The third-order valence-electron chi connectivity index (χ3n) is 4.88. The summed E-state index contributed by atoms with van der Waals surface area (Å²) in [5.41, 5.74) is 2.35. The maximum absolute atomic E-state index is 12.5. The largest absolute Gasteiger partial charge is 0.356 e. The lowest BCUT2D eigenvalue weighted by Crippen LogP contribution is -2.39. The first-order chi connectivity index (χ1) is 13.2. The Labute approximate surface area is 165 Å². The molecule has 2 N–H and O–H groups in total. The summed E-state index contributed by atoms with van der Waals surface area (Å²) in [6.07, 6.45) is 2.29. The van der Waals surface area contributed by atoms with E-state index in [0.29, 0.717) is 12.3 Å². The van der Waals surface area contributed by atoms with Crippen LogP contribution in [0.25, 0.3) is 0 Å². The van der Waals surface area contributed by atoms with Gasteiger partial charge in [0.2, 0.25) is 5.91 Å². The van der Waals surface area contributed by atoms with Crippen LogP contribution in [-0.2, 0) is 11.2 Å². The minimum Gasteiger partial charge on any atom is -0.356 e. The van der Waals surface area contributed by atoms with Gasteiger partial charge in [0.05, 0.1) is 0 Å². The van der Waals surface area contributed by atoms with Gasteiger partial charge in [-0.15, -0.1) is 11.3 Å². The first-order valence-electron chi connectivity index (χ1n) is 9.55. The van der Waals surface area contributed by atoms with Gasteiger partial charge in [0.25, 0.3) is 0 Å². The molecule has 1 aliphatic heterocycles. The zero-order valence-electron chi connectivity index (χ0n) is 16.1. The molecule has 0 saturated carbocycles. The van der Waals surface area contributed by atoms with Crippen molar-refractivity contribution in [3.63, 3.8) is 0 Å². The summed E-state index contributed by atoms with van der Waals surface area (Å²) in [6.45, 7) is 4.58. The number of aliphatic imine (C=N–C) groups is 1. The normalized spacial score (nSPS) is 14.7. The molecule has 5 nitrogen and oxygen atoms in total. The van der Waals surface area contributed by atoms with Crippen molar-refractivity contribution in [1.29, 1.82) is 0 Å². The second-order valence-electron chi connectivity index (χ2n) is 6.82. The topological polar surface area (TPSA) is 56.7 Å². The second-order valence-corrected chi connectivity index (χ2v) is 7.80. The molecule has 0 aliphatic carbocycles. The zero-order valence-corrected chi connectivity index (χ0v) is 16.9. The number of hydrogen-bond donors (Lipinski definition) is 2. The van der Waals surface area contributed by atoms with E-state index in [1.54, 1.807) is 18.4 Å². The third-order valence-corrected chi connectivity index (χ3v) is 5.98. The Morgan fingerprint density at radius 1 is 1.26 bits per heavy atom. The van der Waals surface area contributed by atoms with Crippen molar-refractivity contribution in [1.82, 2.24) is 10.6 Å². The Kier molecular flexibility index (Phi) is 6.87. The molecule has 0 saturated heterocycles. The van der Waals surface area contributed by atoms with Crippen LogP contribution in [0.4, 0.5) is 5.69 Å². The molecule has 1 atom stereocenters. The van der Waals surface area contributed by atoms with E-state index in [-0.39, 0.29) is 5.91 Å². The summed E-state index contributed by atoms with van der Waals surface area (Å²) in [6, 6.07) is 12.4. The van der Waals surface area contributed by atoms with Crippen LogP contribution in [-0.4, -0.2) is 38.5 Å². The monoisotopic (exact) mass is 384 g/mol. The molecule has 0 spiro atoms. The fourth-order valence-electron chi connectivity index (χ4n) is 3.32. The highest BCUT2D eigenvalue weighted by atomic mass is 32.1. The molecule has 1 aromatic heterocycles. The van der Waals surface area contributed by atoms with E-state index in [2.05, 4.69) is 46.1 Å². The number of anilines is 1. The Balaban J connectivity index is 1.37. The van der Waals surface area contributed by atoms with E-state index in [9.17, 15) is 4.79 Å². The van der Waals surface area contributed by atoms with Gasteiger partial charge in [-0.25, -0.2) is 0 Å². The lowest BCUT2D eigenvalue weighted by atomic mass is 10.1. The van der Waals surface area contributed by atoms with E-state index in [0.717, 1.165) is 44.1 Å². The average molecular weight is 385 g/mol. The average Bonchev–Trinajstić information content (AvgIpc) is 3.37. The van der Waals surface area contributed by atoms with E-state index in [4.69, 9.17) is 0 Å². The molecule has 1 amide bonds. The van der Waals surface area contributed by atoms with Crippen molar-refractivity contribution in [3.05, 3.63) is 52.2 Å². The molecule has 1 aromatic carbocycles. The predicted molar refractivity (Wildman–Crippen MR) is 114 cm³/mol. The van der Waals surface area contributed by atoms with Crippen LogP contribution in [0, 0.1) is 0 Å². The molecule has 3 rings (SSSR count). The lowest BCUT2D eigenvalue weighted by Gasteiger charge is -2.18. The number of benzene rings is 1. The maximum Gasteiger partial charge on any atom is 0.227 e. The van der Waals surface area contributed by atoms with Crippen molar-refractivity contribution in [2.24, 2.45) is 4.99 Å². The maximum atomic E-state index is 12.5. The number of rotatable bonds is 7. The molecule has 0 fully saturated rings. The molecule has 0 radical (unpaired) electrons. The minimum absolute atomic E-state index is 0.205. The van der Waals surface area contributed by atoms with Crippen molar-refractivity contribution in [2.45, 2.75) is 32.1 Å². The molecule has 27 heavy (non-hydrogen) atoms. The van der Waals surface area contributed by atoms with E-state index >= 15 is 0 Å². The molecular weight excluding hydrogens is 356 g/mol. The van der Waals surface area contributed by atoms with Gasteiger partial charge in [-0.2, -0.15) is 0 Å². The number of fused-ring (bicyclic) bond motifs is 1. The van der Waals surface area contributed by atoms with Crippen LogP contribution < -0.4 is 15.5 Å². The molecule has 0 bridgehead atoms. The van der Waals surface area contributed by atoms with Gasteiger partial charge in [0.1, 0.15) is 0 Å². The molecule has 1 aliphatic rings. The predicted octanol–water partition coefficient (Wildman–Crippen LogP) is 3.39. The van der Waals surface area contributed by atoms with Crippen molar-refractivity contribution < 1.29 is 4.79 Å². The van der Waals surface area contributed by atoms with Crippen LogP contribution in [0.2, 0.25) is 0 Å². The van der Waals surface area contributed by atoms with Crippen molar-refractivity contribution in [3.8, 4) is 0 Å². The van der Waals surface area contributed by atoms with E-state index in [1.807, 2.05) is 23.1 Å². The summed E-state index contributed by atoms with van der Waals surface area (Å²) in [5, 5.41) is 8.78. The summed E-state index contributed by atoms with van der Waals surface area (Å²) in [7, 11) is 1.78. The van der Waals surface area contributed by atoms with Crippen molar-refractivity contribution >= 4 is 28.9 Å². The first-order valence-corrected chi connectivity index (χ1v) is 10.4. The molecule has 144 valence electrons. The Hall–Kier alpha value is -2.34. The molecule has 6 heteroatoms. The molecule has 2 heterocycles. The number of carbonyl (C=O) groups is 1. The number of nitrogens with zero attached hydrogens (tertiary/aromatic N) is 2. The number of hydrogen-bond acceptors (Lipinski definition) is 3. The van der Waals surface area contributed by atoms with E-state index in [1.165, 1.54) is 10.4 Å². The highest BCUT2D eigenvalue weighted by molar-refractivity contribution is 7.10. The fraction of sp³-hybridized carbons (Fsp3) is 0.429. The SMILES string of the molecule is CN=C(NCCCC(=O)N1CCc2ccccc21)NCC(C)c1cccs1.